The number of hydrogen-bond acceptors (Lipinski definition) is 2. The summed E-state index contributed by atoms with van der Waals surface area (Å²) in [5, 5.41) is 3.05. The lowest BCUT2D eigenvalue weighted by Crippen LogP contribution is -2.46. The van der Waals surface area contributed by atoms with Crippen LogP contribution < -0.4 is 5.32 Å². The van der Waals surface area contributed by atoms with E-state index in [4.69, 9.17) is 0 Å². The summed E-state index contributed by atoms with van der Waals surface area (Å²) in [6, 6.07) is 8.06. The fraction of sp³-hybridized carbons (Fsp3) is 0.562. The van der Waals surface area contributed by atoms with Gasteiger partial charge in [0.1, 0.15) is 0 Å². The van der Waals surface area contributed by atoms with E-state index in [2.05, 4.69) is 23.2 Å². The summed E-state index contributed by atoms with van der Waals surface area (Å²) >= 11 is 0. The van der Waals surface area contributed by atoms with E-state index in [1.807, 2.05) is 18.2 Å². The summed E-state index contributed by atoms with van der Waals surface area (Å²) in [6.45, 7) is 6.66. The minimum absolute atomic E-state index is 0.0765. The SMILES string of the molecule is CC1(CCN2CCCC2)CNC(=O)c2ccccc21. The number of carbonyl (C=O) groups is 1. The molecule has 1 fully saturated rings. The van der Waals surface area contributed by atoms with Crippen LogP contribution in [0.5, 0.6) is 0 Å². The number of amides is 1. The van der Waals surface area contributed by atoms with Crippen LogP contribution in [0.3, 0.4) is 0 Å². The van der Waals surface area contributed by atoms with Crippen LogP contribution in [0, 0.1) is 0 Å². The molecule has 3 heteroatoms. The second-order valence-corrected chi connectivity index (χ2v) is 6.09. The fourth-order valence-corrected chi connectivity index (χ4v) is 3.31. The van der Waals surface area contributed by atoms with E-state index in [9.17, 15) is 4.79 Å². The lowest BCUT2D eigenvalue weighted by Gasteiger charge is -2.37. The van der Waals surface area contributed by atoms with Gasteiger partial charge in [0, 0.05) is 17.5 Å². The quantitative estimate of drug-likeness (QED) is 0.901. The molecule has 1 saturated heterocycles. The minimum atomic E-state index is 0.0765. The molecule has 0 radical (unpaired) electrons. The number of fused-ring (bicyclic) bond motifs is 1. The number of likely N-dealkylation sites (tertiary alicyclic amines) is 1. The van der Waals surface area contributed by atoms with Gasteiger partial charge >= 0.3 is 0 Å². The van der Waals surface area contributed by atoms with Gasteiger partial charge in [-0.25, -0.2) is 0 Å². The second kappa shape index (κ2) is 4.97. The van der Waals surface area contributed by atoms with Crippen molar-refractivity contribution in [1.82, 2.24) is 10.2 Å². The molecule has 1 amide bonds. The van der Waals surface area contributed by atoms with E-state index in [0.29, 0.717) is 0 Å². The first kappa shape index (κ1) is 12.7. The summed E-state index contributed by atoms with van der Waals surface area (Å²) in [5.74, 6) is 0.0780. The largest absolute Gasteiger partial charge is 0.351 e. The Kier molecular flexibility index (Phi) is 3.31. The molecule has 0 saturated carbocycles. The van der Waals surface area contributed by atoms with Gasteiger partial charge in [0.25, 0.3) is 5.91 Å². The van der Waals surface area contributed by atoms with Crippen LogP contribution in [-0.4, -0.2) is 37.0 Å². The van der Waals surface area contributed by atoms with E-state index in [1.54, 1.807) is 0 Å². The highest BCUT2D eigenvalue weighted by molar-refractivity contribution is 5.97. The summed E-state index contributed by atoms with van der Waals surface area (Å²) in [5.41, 5.74) is 2.16. The topological polar surface area (TPSA) is 32.3 Å². The first-order valence-corrected chi connectivity index (χ1v) is 7.29. The third-order valence-corrected chi connectivity index (χ3v) is 4.64. The molecule has 1 aromatic carbocycles. The van der Waals surface area contributed by atoms with Gasteiger partial charge in [-0.15, -0.1) is 0 Å². The second-order valence-electron chi connectivity index (χ2n) is 6.09. The van der Waals surface area contributed by atoms with Gasteiger partial charge in [0.05, 0.1) is 0 Å². The molecule has 3 rings (SSSR count). The summed E-state index contributed by atoms with van der Waals surface area (Å²) < 4.78 is 0. The van der Waals surface area contributed by atoms with E-state index >= 15 is 0 Å². The predicted molar refractivity (Wildman–Crippen MR) is 76.4 cm³/mol. The monoisotopic (exact) mass is 258 g/mol. The molecule has 2 aliphatic heterocycles. The number of carbonyl (C=O) groups excluding carboxylic acids is 1. The lowest BCUT2D eigenvalue weighted by atomic mass is 9.74. The van der Waals surface area contributed by atoms with Crippen molar-refractivity contribution < 1.29 is 4.79 Å². The Hall–Kier alpha value is -1.35. The van der Waals surface area contributed by atoms with Gasteiger partial charge in [0.15, 0.2) is 0 Å². The number of rotatable bonds is 3. The van der Waals surface area contributed by atoms with Crippen molar-refractivity contribution in [2.75, 3.05) is 26.2 Å². The van der Waals surface area contributed by atoms with Gasteiger partial charge in [0.2, 0.25) is 0 Å². The minimum Gasteiger partial charge on any atom is -0.351 e. The number of nitrogens with one attached hydrogen (secondary N) is 1. The molecule has 0 aromatic heterocycles. The van der Waals surface area contributed by atoms with Crippen molar-refractivity contribution >= 4 is 5.91 Å². The normalized spacial score (nSPS) is 27.1. The van der Waals surface area contributed by atoms with Crippen LogP contribution in [0.1, 0.15) is 42.1 Å². The standard InChI is InChI=1S/C16H22N2O/c1-16(8-11-18-9-4-5-10-18)12-17-15(19)13-6-2-3-7-14(13)16/h2-3,6-7H,4-5,8-12H2,1H3,(H,17,19). The maximum Gasteiger partial charge on any atom is 0.251 e. The highest BCUT2D eigenvalue weighted by Gasteiger charge is 2.35. The molecule has 2 heterocycles. The number of nitrogens with zero attached hydrogens (tertiary/aromatic N) is 1. The molecule has 0 aliphatic carbocycles. The zero-order chi connectivity index (χ0) is 13.3. The van der Waals surface area contributed by atoms with Crippen molar-refractivity contribution in [1.29, 1.82) is 0 Å². The molecular formula is C16H22N2O. The third kappa shape index (κ3) is 2.39. The molecule has 102 valence electrons. The Morgan fingerprint density at radius 3 is 2.79 bits per heavy atom. The predicted octanol–water partition coefficient (Wildman–Crippen LogP) is 2.17. The first-order valence-electron chi connectivity index (χ1n) is 7.29. The summed E-state index contributed by atoms with van der Waals surface area (Å²) in [4.78, 5) is 14.5. The Morgan fingerprint density at radius 2 is 2.00 bits per heavy atom. The third-order valence-electron chi connectivity index (χ3n) is 4.64. The van der Waals surface area contributed by atoms with Crippen molar-refractivity contribution in [3.63, 3.8) is 0 Å². The number of benzene rings is 1. The average Bonchev–Trinajstić information content (AvgIpc) is 2.95. The Labute approximate surface area is 115 Å². The van der Waals surface area contributed by atoms with E-state index in [1.165, 1.54) is 31.5 Å². The smallest absolute Gasteiger partial charge is 0.251 e. The maximum absolute atomic E-state index is 11.9. The average molecular weight is 258 g/mol. The van der Waals surface area contributed by atoms with Crippen molar-refractivity contribution in [3.8, 4) is 0 Å². The van der Waals surface area contributed by atoms with Gasteiger partial charge in [-0.3, -0.25) is 4.79 Å². The molecule has 0 spiro atoms. The van der Waals surface area contributed by atoms with Gasteiger partial charge < -0.3 is 10.2 Å². The molecule has 1 aromatic rings. The van der Waals surface area contributed by atoms with Crippen LogP contribution >= 0.6 is 0 Å². The zero-order valence-electron chi connectivity index (χ0n) is 11.6. The molecule has 1 N–H and O–H groups in total. The van der Waals surface area contributed by atoms with Gasteiger partial charge in [-0.1, -0.05) is 25.1 Å². The maximum atomic E-state index is 11.9. The Morgan fingerprint density at radius 1 is 1.26 bits per heavy atom. The van der Waals surface area contributed by atoms with Crippen molar-refractivity contribution in [3.05, 3.63) is 35.4 Å². The van der Waals surface area contributed by atoms with E-state index in [-0.39, 0.29) is 11.3 Å². The van der Waals surface area contributed by atoms with Crippen LogP contribution in [-0.2, 0) is 5.41 Å². The molecule has 3 nitrogen and oxygen atoms in total. The van der Waals surface area contributed by atoms with Crippen LogP contribution in [0.15, 0.2) is 24.3 Å². The zero-order valence-corrected chi connectivity index (χ0v) is 11.6. The molecule has 1 unspecified atom stereocenters. The Bertz CT molecular complexity index is 479. The van der Waals surface area contributed by atoms with Gasteiger partial charge in [-0.05, 0) is 50.5 Å². The van der Waals surface area contributed by atoms with Gasteiger partial charge in [-0.2, -0.15) is 0 Å². The molecular weight excluding hydrogens is 236 g/mol. The molecule has 2 aliphatic rings. The van der Waals surface area contributed by atoms with Crippen LogP contribution in [0.2, 0.25) is 0 Å². The fourth-order valence-electron chi connectivity index (χ4n) is 3.31. The van der Waals surface area contributed by atoms with Crippen molar-refractivity contribution in [2.24, 2.45) is 0 Å². The Balaban J connectivity index is 1.79. The summed E-state index contributed by atoms with van der Waals surface area (Å²) in [7, 11) is 0. The molecule has 19 heavy (non-hydrogen) atoms. The molecule has 0 bridgehead atoms. The van der Waals surface area contributed by atoms with E-state index < -0.39 is 0 Å². The summed E-state index contributed by atoms with van der Waals surface area (Å²) in [6.07, 6.45) is 3.79. The highest BCUT2D eigenvalue weighted by atomic mass is 16.1. The first-order chi connectivity index (χ1) is 9.19. The highest BCUT2D eigenvalue weighted by Crippen LogP contribution is 2.33. The lowest BCUT2D eigenvalue weighted by molar-refractivity contribution is 0.0922. The van der Waals surface area contributed by atoms with Crippen molar-refractivity contribution in [2.45, 2.75) is 31.6 Å². The van der Waals surface area contributed by atoms with Crippen LogP contribution in [0.4, 0.5) is 0 Å². The molecule has 1 atom stereocenters. The number of hydrogen-bond donors (Lipinski definition) is 1. The van der Waals surface area contributed by atoms with Crippen LogP contribution in [0.25, 0.3) is 0 Å². The van der Waals surface area contributed by atoms with E-state index in [0.717, 1.165) is 25.1 Å².